The van der Waals surface area contributed by atoms with E-state index in [0.29, 0.717) is 19.4 Å². The van der Waals surface area contributed by atoms with Crippen LogP contribution in [0.25, 0.3) is 0 Å². The van der Waals surface area contributed by atoms with Crippen molar-refractivity contribution in [2.45, 2.75) is 328 Å². The van der Waals surface area contributed by atoms with Gasteiger partial charge in [0.25, 0.3) is 0 Å². The number of unbranched alkanes of at least 4 members (excludes halogenated alkanes) is 39. The highest BCUT2D eigenvalue weighted by Crippen LogP contribution is 2.16. The Labute approximate surface area is 429 Å². The molecule has 0 aliphatic heterocycles. The van der Waals surface area contributed by atoms with Crippen LogP contribution in [0.4, 0.5) is 0 Å². The number of ether oxygens (including phenoxy) is 1. The molecule has 0 fully saturated rings. The van der Waals surface area contributed by atoms with Gasteiger partial charge in [-0.2, -0.15) is 0 Å². The molecular formula is C63H117NO5. The fourth-order valence-corrected chi connectivity index (χ4v) is 9.13. The molecule has 0 aromatic heterocycles. The Bertz CT molecular complexity index is 1160. The second kappa shape index (κ2) is 58.4. The molecule has 0 rings (SSSR count). The number of hydrogen-bond acceptors (Lipinski definition) is 5. The Hall–Kier alpha value is -2.18. The summed E-state index contributed by atoms with van der Waals surface area (Å²) in [5.41, 5.74) is 0. The van der Waals surface area contributed by atoms with Gasteiger partial charge in [-0.25, -0.2) is 0 Å². The SMILES string of the molecule is CCCCC/C=C\C/C=C\CCCCCCCCCC(=O)OCCCCCCCCCCCCCC/C=C\CCCCCCCCCCCC(=O)NC(CO)C(O)/C=C/CCCCCCCCCC. The second-order valence-electron chi connectivity index (χ2n) is 20.7. The molecule has 0 saturated heterocycles. The van der Waals surface area contributed by atoms with E-state index in [9.17, 15) is 19.8 Å². The molecule has 0 bridgehead atoms. The molecule has 0 aliphatic rings. The fraction of sp³-hybridized carbons (Fsp3) is 0.841. The lowest BCUT2D eigenvalue weighted by atomic mass is 10.0. The first kappa shape index (κ1) is 66.8. The van der Waals surface area contributed by atoms with Crippen molar-refractivity contribution >= 4 is 11.9 Å². The number of amides is 1. The Kier molecular flexibility index (Phi) is 56.5. The first-order valence-electron chi connectivity index (χ1n) is 30.4. The van der Waals surface area contributed by atoms with E-state index >= 15 is 0 Å². The maximum atomic E-state index is 12.4. The van der Waals surface area contributed by atoms with Crippen LogP contribution in [-0.4, -0.2) is 47.4 Å². The summed E-state index contributed by atoms with van der Waals surface area (Å²) in [6.07, 6.45) is 74.4. The molecule has 404 valence electrons. The fourth-order valence-electron chi connectivity index (χ4n) is 9.13. The van der Waals surface area contributed by atoms with Crippen LogP contribution >= 0.6 is 0 Å². The number of aliphatic hydroxyl groups excluding tert-OH is 2. The molecule has 0 heterocycles. The van der Waals surface area contributed by atoms with Crippen molar-refractivity contribution in [3.63, 3.8) is 0 Å². The van der Waals surface area contributed by atoms with Gasteiger partial charge in [-0.3, -0.25) is 9.59 Å². The highest BCUT2D eigenvalue weighted by molar-refractivity contribution is 5.76. The average molecular weight is 969 g/mol. The maximum Gasteiger partial charge on any atom is 0.305 e. The van der Waals surface area contributed by atoms with Crippen molar-refractivity contribution < 1.29 is 24.5 Å². The minimum absolute atomic E-state index is 0.00473. The van der Waals surface area contributed by atoms with Gasteiger partial charge in [0.15, 0.2) is 0 Å². The summed E-state index contributed by atoms with van der Waals surface area (Å²) >= 11 is 0. The molecule has 1 amide bonds. The molecule has 69 heavy (non-hydrogen) atoms. The Balaban J connectivity index is 3.39. The number of carbonyl (C=O) groups is 2. The minimum Gasteiger partial charge on any atom is -0.466 e. The predicted molar refractivity (Wildman–Crippen MR) is 301 cm³/mol. The molecule has 0 aromatic rings. The van der Waals surface area contributed by atoms with Crippen LogP contribution in [0.5, 0.6) is 0 Å². The molecule has 0 aromatic carbocycles. The van der Waals surface area contributed by atoms with E-state index in [1.165, 1.54) is 238 Å². The van der Waals surface area contributed by atoms with Crippen molar-refractivity contribution in [2.75, 3.05) is 13.2 Å². The van der Waals surface area contributed by atoms with Gasteiger partial charge in [0.2, 0.25) is 5.91 Å². The van der Waals surface area contributed by atoms with Crippen LogP contribution in [0.3, 0.4) is 0 Å². The van der Waals surface area contributed by atoms with E-state index in [0.717, 1.165) is 51.4 Å². The lowest BCUT2D eigenvalue weighted by molar-refractivity contribution is -0.143. The number of hydrogen-bond donors (Lipinski definition) is 3. The third-order valence-electron chi connectivity index (χ3n) is 13.8. The monoisotopic (exact) mass is 968 g/mol. The molecule has 0 saturated carbocycles. The molecule has 6 nitrogen and oxygen atoms in total. The van der Waals surface area contributed by atoms with Crippen molar-refractivity contribution in [1.29, 1.82) is 0 Å². The molecule has 2 atom stereocenters. The zero-order valence-electron chi connectivity index (χ0n) is 46.0. The van der Waals surface area contributed by atoms with Gasteiger partial charge in [-0.15, -0.1) is 0 Å². The molecule has 3 N–H and O–H groups in total. The molecule has 6 heteroatoms. The van der Waals surface area contributed by atoms with Gasteiger partial charge >= 0.3 is 5.97 Å². The van der Waals surface area contributed by atoms with Crippen LogP contribution in [0.15, 0.2) is 48.6 Å². The summed E-state index contributed by atoms with van der Waals surface area (Å²) in [5, 5.41) is 23.0. The van der Waals surface area contributed by atoms with Gasteiger partial charge < -0.3 is 20.3 Å². The number of rotatable bonds is 56. The second-order valence-corrected chi connectivity index (χ2v) is 20.7. The smallest absolute Gasteiger partial charge is 0.305 e. The van der Waals surface area contributed by atoms with E-state index in [4.69, 9.17) is 4.74 Å². The predicted octanol–water partition coefficient (Wildman–Crippen LogP) is 19.0. The average Bonchev–Trinajstić information content (AvgIpc) is 3.35. The summed E-state index contributed by atoms with van der Waals surface area (Å²) < 4.78 is 5.49. The first-order chi connectivity index (χ1) is 34.0. The molecule has 0 radical (unpaired) electrons. The highest BCUT2D eigenvalue weighted by atomic mass is 16.5. The Morgan fingerprint density at radius 2 is 0.725 bits per heavy atom. The van der Waals surface area contributed by atoms with Gasteiger partial charge in [0.05, 0.1) is 25.4 Å². The summed E-state index contributed by atoms with van der Waals surface area (Å²) in [6, 6.07) is -0.629. The quantitative estimate of drug-likeness (QED) is 0.0321. The zero-order chi connectivity index (χ0) is 50.0. The first-order valence-corrected chi connectivity index (χ1v) is 30.4. The summed E-state index contributed by atoms with van der Waals surface area (Å²) in [5.74, 6) is -0.0686. The van der Waals surface area contributed by atoms with Crippen molar-refractivity contribution in [3.8, 4) is 0 Å². The molecule has 2 unspecified atom stereocenters. The standard InChI is InChI=1S/C63H117NO5/c1-3-5-7-9-11-13-15-16-17-27-31-34-37-41-45-49-53-57-63(68)69-58-54-50-46-42-38-35-32-29-26-24-22-20-18-19-21-23-25-28-30-33-36-40-44-48-52-56-62(67)64-60(59-65)61(66)55-51-47-43-39-14-12-10-8-6-4-2/h11,13,16-17,19,21,51,55,60-61,65-66H,3-10,12,14-15,18,20,22-50,52-54,56-59H2,1-2H3,(H,64,67)/b13-11-,17-16-,21-19-,55-51+. The van der Waals surface area contributed by atoms with Gasteiger partial charge in [0.1, 0.15) is 0 Å². The van der Waals surface area contributed by atoms with Crippen LogP contribution in [-0.2, 0) is 14.3 Å². The van der Waals surface area contributed by atoms with Crippen LogP contribution in [0.2, 0.25) is 0 Å². The number of nitrogens with one attached hydrogen (secondary N) is 1. The van der Waals surface area contributed by atoms with Crippen LogP contribution < -0.4 is 5.32 Å². The third kappa shape index (κ3) is 55.0. The Morgan fingerprint density at radius 3 is 1.14 bits per heavy atom. The van der Waals surface area contributed by atoms with Crippen LogP contribution in [0, 0.1) is 0 Å². The lowest BCUT2D eigenvalue weighted by Crippen LogP contribution is -2.45. The third-order valence-corrected chi connectivity index (χ3v) is 13.8. The van der Waals surface area contributed by atoms with Crippen molar-refractivity contribution in [3.05, 3.63) is 48.6 Å². The van der Waals surface area contributed by atoms with Gasteiger partial charge in [-0.1, -0.05) is 262 Å². The summed E-state index contributed by atoms with van der Waals surface area (Å²) in [6.45, 7) is 4.86. The summed E-state index contributed by atoms with van der Waals surface area (Å²) in [4.78, 5) is 24.5. The molecule has 0 spiro atoms. The largest absolute Gasteiger partial charge is 0.466 e. The van der Waals surface area contributed by atoms with Crippen molar-refractivity contribution in [1.82, 2.24) is 5.32 Å². The number of aliphatic hydroxyl groups is 2. The van der Waals surface area contributed by atoms with E-state index in [1.54, 1.807) is 6.08 Å². The van der Waals surface area contributed by atoms with Crippen LogP contribution in [0.1, 0.15) is 316 Å². The summed E-state index contributed by atoms with van der Waals surface area (Å²) in [7, 11) is 0. The highest BCUT2D eigenvalue weighted by Gasteiger charge is 2.18. The van der Waals surface area contributed by atoms with Gasteiger partial charge in [0, 0.05) is 12.8 Å². The number of allylic oxidation sites excluding steroid dienone is 7. The normalized spacial score (nSPS) is 12.9. The van der Waals surface area contributed by atoms with E-state index in [-0.39, 0.29) is 18.5 Å². The minimum atomic E-state index is -0.845. The zero-order valence-corrected chi connectivity index (χ0v) is 46.0. The topological polar surface area (TPSA) is 95.9 Å². The van der Waals surface area contributed by atoms with E-state index in [1.807, 2.05) is 6.08 Å². The number of carbonyl (C=O) groups excluding carboxylic acids is 2. The molecular weight excluding hydrogens is 851 g/mol. The van der Waals surface area contributed by atoms with Crippen molar-refractivity contribution in [2.24, 2.45) is 0 Å². The number of esters is 1. The van der Waals surface area contributed by atoms with E-state index in [2.05, 4.69) is 55.6 Å². The van der Waals surface area contributed by atoms with E-state index < -0.39 is 12.1 Å². The van der Waals surface area contributed by atoms with Gasteiger partial charge in [-0.05, 0) is 89.9 Å². The lowest BCUT2D eigenvalue weighted by Gasteiger charge is -2.20. The Morgan fingerprint density at radius 1 is 0.406 bits per heavy atom. The maximum absolute atomic E-state index is 12.4. The molecule has 0 aliphatic carbocycles.